The van der Waals surface area contributed by atoms with E-state index in [1.165, 1.54) is 0 Å². The van der Waals surface area contributed by atoms with E-state index in [0.29, 0.717) is 27.0 Å². The summed E-state index contributed by atoms with van der Waals surface area (Å²) in [6.45, 7) is 2.58. The summed E-state index contributed by atoms with van der Waals surface area (Å²) in [5, 5.41) is 11.1. The molecular formula is C18H18ClNO3S. The van der Waals surface area contributed by atoms with Crippen LogP contribution in [0.15, 0.2) is 36.4 Å². The molecule has 0 bridgehead atoms. The van der Waals surface area contributed by atoms with E-state index in [4.69, 9.17) is 11.6 Å². The topological polar surface area (TPSA) is 57.6 Å². The summed E-state index contributed by atoms with van der Waals surface area (Å²) < 4.78 is 0.507. The number of aliphatic hydroxyl groups is 1. The molecule has 0 saturated heterocycles. The summed E-state index contributed by atoms with van der Waals surface area (Å²) in [5.74, 6) is -0.706. The zero-order valence-corrected chi connectivity index (χ0v) is 14.9. The Morgan fingerprint density at radius 1 is 1.29 bits per heavy atom. The highest BCUT2D eigenvalue weighted by atomic mass is 35.5. The number of para-hydroxylation sites is 1. The van der Waals surface area contributed by atoms with Crippen LogP contribution in [-0.2, 0) is 10.4 Å². The fourth-order valence-electron chi connectivity index (χ4n) is 3.00. The number of nitrogens with zero attached hydrogens (tertiary/aromatic N) is 1. The molecule has 2 aromatic rings. The van der Waals surface area contributed by atoms with Crippen LogP contribution >= 0.6 is 22.9 Å². The number of unbranched alkanes of at least 4 members (excludes halogenated alkanes) is 1. The summed E-state index contributed by atoms with van der Waals surface area (Å²) in [6.07, 6.45) is 1.50. The minimum atomic E-state index is -1.81. The summed E-state index contributed by atoms with van der Waals surface area (Å²) in [7, 11) is 0. The Balaban J connectivity index is 1.93. The number of hydrogen-bond donors (Lipinski definition) is 1. The largest absolute Gasteiger partial charge is 0.375 e. The average molecular weight is 364 g/mol. The van der Waals surface area contributed by atoms with E-state index in [9.17, 15) is 14.7 Å². The zero-order chi connectivity index (χ0) is 17.3. The second kappa shape index (κ2) is 6.67. The number of hydrogen-bond acceptors (Lipinski definition) is 4. The third-order valence-electron chi connectivity index (χ3n) is 4.24. The van der Waals surface area contributed by atoms with Gasteiger partial charge in [-0.25, -0.2) is 0 Å². The molecule has 0 spiro atoms. The van der Waals surface area contributed by atoms with Gasteiger partial charge in [0.15, 0.2) is 11.4 Å². The molecular weight excluding hydrogens is 346 g/mol. The third-order valence-corrected chi connectivity index (χ3v) is 5.51. The van der Waals surface area contributed by atoms with Gasteiger partial charge in [0.1, 0.15) is 0 Å². The SMILES string of the molecule is CCCCN1C(=O)C(O)(CC(=O)c2ccc(Cl)s2)c2ccccc21. The fraction of sp³-hybridized carbons (Fsp3) is 0.333. The first kappa shape index (κ1) is 17.1. The van der Waals surface area contributed by atoms with E-state index in [-0.39, 0.29) is 12.2 Å². The maximum atomic E-state index is 12.9. The van der Waals surface area contributed by atoms with Crippen LogP contribution in [0.25, 0.3) is 0 Å². The second-order valence-electron chi connectivity index (χ2n) is 5.89. The van der Waals surface area contributed by atoms with Gasteiger partial charge in [0.25, 0.3) is 5.91 Å². The number of thiophene rings is 1. The highest BCUT2D eigenvalue weighted by molar-refractivity contribution is 7.18. The summed E-state index contributed by atoms with van der Waals surface area (Å²) in [5.41, 5.74) is -0.615. The van der Waals surface area contributed by atoms with Crippen LogP contribution in [0.5, 0.6) is 0 Å². The normalized spacial score (nSPS) is 19.6. The molecule has 4 nitrogen and oxygen atoms in total. The smallest absolute Gasteiger partial charge is 0.264 e. The Morgan fingerprint density at radius 2 is 2.04 bits per heavy atom. The molecule has 1 aromatic carbocycles. The van der Waals surface area contributed by atoms with E-state index in [1.54, 1.807) is 29.2 Å². The van der Waals surface area contributed by atoms with E-state index in [0.717, 1.165) is 24.2 Å². The first-order valence-electron chi connectivity index (χ1n) is 7.89. The van der Waals surface area contributed by atoms with Gasteiger partial charge in [-0.2, -0.15) is 0 Å². The molecule has 1 aromatic heterocycles. The number of fused-ring (bicyclic) bond motifs is 1. The molecule has 0 saturated carbocycles. The van der Waals surface area contributed by atoms with Crippen molar-refractivity contribution < 1.29 is 14.7 Å². The van der Waals surface area contributed by atoms with Gasteiger partial charge in [-0.05, 0) is 24.6 Å². The number of Topliss-reactive ketones (excluding diaryl/α,β-unsaturated/α-hetero) is 1. The first-order chi connectivity index (χ1) is 11.5. The lowest BCUT2D eigenvalue weighted by Crippen LogP contribution is -2.42. The van der Waals surface area contributed by atoms with E-state index in [2.05, 4.69) is 0 Å². The number of carbonyl (C=O) groups is 2. The number of carbonyl (C=O) groups excluding carboxylic acids is 2. The Bertz CT molecular complexity index is 788. The Morgan fingerprint density at radius 3 is 2.71 bits per heavy atom. The van der Waals surface area contributed by atoms with Crippen LogP contribution in [0, 0.1) is 0 Å². The molecule has 1 atom stereocenters. The van der Waals surface area contributed by atoms with Crippen LogP contribution in [0.2, 0.25) is 4.34 Å². The quantitative estimate of drug-likeness (QED) is 0.789. The summed E-state index contributed by atoms with van der Waals surface area (Å²) in [6, 6.07) is 10.4. The van der Waals surface area contributed by atoms with Crippen LogP contribution in [0.3, 0.4) is 0 Å². The lowest BCUT2D eigenvalue weighted by molar-refractivity contribution is -0.135. The average Bonchev–Trinajstić information content (AvgIpc) is 3.09. The Labute approximate surface area is 149 Å². The number of amides is 1. The molecule has 1 aliphatic heterocycles. The number of anilines is 1. The van der Waals surface area contributed by atoms with Crippen molar-refractivity contribution in [3.63, 3.8) is 0 Å². The van der Waals surface area contributed by atoms with Crippen molar-refractivity contribution in [2.24, 2.45) is 0 Å². The molecule has 1 N–H and O–H groups in total. The monoisotopic (exact) mass is 363 g/mol. The highest BCUT2D eigenvalue weighted by Gasteiger charge is 2.50. The molecule has 126 valence electrons. The second-order valence-corrected chi connectivity index (χ2v) is 7.61. The van der Waals surface area contributed by atoms with E-state index < -0.39 is 11.5 Å². The van der Waals surface area contributed by atoms with Crippen molar-refractivity contribution in [1.82, 2.24) is 0 Å². The standard InChI is InChI=1S/C18H18ClNO3S/c1-2-3-10-20-13-7-5-4-6-12(13)18(23,17(20)22)11-14(21)15-8-9-16(19)24-15/h4-9,23H,2-3,10-11H2,1H3. The Hall–Kier alpha value is -1.69. The van der Waals surface area contributed by atoms with Gasteiger partial charge in [0, 0.05) is 12.1 Å². The van der Waals surface area contributed by atoms with Gasteiger partial charge >= 0.3 is 0 Å². The highest BCUT2D eigenvalue weighted by Crippen LogP contribution is 2.43. The van der Waals surface area contributed by atoms with Gasteiger partial charge < -0.3 is 10.0 Å². The lowest BCUT2D eigenvalue weighted by atomic mass is 9.89. The molecule has 3 rings (SSSR count). The molecule has 1 aliphatic rings. The fourth-order valence-corrected chi connectivity index (χ4v) is 3.98. The van der Waals surface area contributed by atoms with Gasteiger partial charge in [0.2, 0.25) is 0 Å². The minimum absolute atomic E-state index is 0.275. The van der Waals surface area contributed by atoms with Gasteiger partial charge in [-0.15, -0.1) is 11.3 Å². The van der Waals surface area contributed by atoms with Crippen molar-refractivity contribution in [3.05, 3.63) is 51.2 Å². The predicted octanol–water partition coefficient (Wildman–Crippen LogP) is 4.01. The Kier molecular flexibility index (Phi) is 4.76. The van der Waals surface area contributed by atoms with Crippen molar-refractivity contribution in [2.45, 2.75) is 31.8 Å². The number of benzene rings is 1. The lowest BCUT2D eigenvalue weighted by Gasteiger charge is -2.22. The van der Waals surface area contributed by atoms with Crippen LogP contribution < -0.4 is 4.90 Å². The molecule has 6 heteroatoms. The minimum Gasteiger partial charge on any atom is -0.375 e. The number of ketones is 1. The summed E-state index contributed by atoms with van der Waals surface area (Å²) >= 11 is 7.03. The molecule has 0 aliphatic carbocycles. The van der Waals surface area contributed by atoms with Crippen molar-refractivity contribution >= 4 is 40.3 Å². The first-order valence-corrected chi connectivity index (χ1v) is 9.09. The third kappa shape index (κ3) is 2.88. The van der Waals surface area contributed by atoms with E-state index >= 15 is 0 Å². The molecule has 0 fully saturated rings. The van der Waals surface area contributed by atoms with Crippen molar-refractivity contribution in [3.8, 4) is 0 Å². The number of rotatable bonds is 6. The molecule has 1 unspecified atom stereocenters. The van der Waals surface area contributed by atoms with Crippen molar-refractivity contribution in [1.29, 1.82) is 0 Å². The molecule has 2 heterocycles. The summed E-state index contributed by atoms with van der Waals surface area (Å²) in [4.78, 5) is 27.4. The van der Waals surface area contributed by atoms with Crippen molar-refractivity contribution in [2.75, 3.05) is 11.4 Å². The predicted molar refractivity (Wildman–Crippen MR) is 95.9 cm³/mol. The van der Waals surface area contributed by atoms with Crippen LogP contribution in [0.1, 0.15) is 41.4 Å². The van der Waals surface area contributed by atoms with E-state index in [1.807, 2.05) is 19.1 Å². The van der Waals surface area contributed by atoms with Gasteiger partial charge in [-0.3, -0.25) is 9.59 Å². The van der Waals surface area contributed by atoms with Crippen LogP contribution in [0.4, 0.5) is 5.69 Å². The molecule has 0 radical (unpaired) electrons. The van der Waals surface area contributed by atoms with Crippen LogP contribution in [-0.4, -0.2) is 23.3 Å². The molecule has 1 amide bonds. The maximum Gasteiger partial charge on any atom is 0.264 e. The molecule has 24 heavy (non-hydrogen) atoms. The van der Waals surface area contributed by atoms with Gasteiger partial charge in [-0.1, -0.05) is 43.1 Å². The number of halogens is 1. The van der Waals surface area contributed by atoms with Gasteiger partial charge in [0.05, 0.1) is 21.3 Å². The maximum absolute atomic E-state index is 12.9. The zero-order valence-electron chi connectivity index (χ0n) is 13.3.